The minimum Gasteiger partial charge on any atom is -0.454 e. The fourth-order valence-corrected chi connectivity index (χ4v) is 5.75. The average molecular weight is 634 g/mol. The summed E-state index contributed by atoms with van der Waals surface area (Å²) >= 11 is 5.32. The monoisotopic (exact) mass is 633 g/mol. The van der Waals surface area contributed by atoms with Gasteiger partial charge in [0.1, 0.15) is 17.1 Å². The molecule has 6 rings (SSSR count). The molecule has 13 heteroatoms. The van der Waals surface area contributed by atoms with Gasteiger partial charge in [0.15, 0.2) is 28.2 Å². The number of para-hydroxylation sites is 1. The van der Waals surface area contributed by atoms with Gasteiger partial charge in [-0.05, 0) is 98.2 Å². The molecule has 1 saturated heterocycles. The molecule has 1 aromatic heterocycles. The van der Waals surface area contributed by atoms with Crippen LogP contribution in [0.1, 0.15) is 40.9 Å². The molecule has 1 fully saturated rings. The number of hydrogen-bond donors (Lipinski definition) is 2. The molecular weight excluding hydrogens is 607 g/mol. The number of halogens is 3. The first-order valence-corrected chi connectivity index (χ1v) is 14.2. The molecule has 3 aromatic carbocycles. The number of fused-ring (bicyclic) bond motifs is 1. The second-order valence-electron chi connectivity index (χ2n) is 11.1. The van der Waals surface area contributed by atoms with Crippen LogP contribution in [0.15, 0.2) is 66.4 Å². The molecule has 0 atom stereocenters. The molecule has 230 valence electrons. The second kappa shape index (κ2) is 11.1. The SMILES string of the molecule is Cc1cc(Oc2ccccc2F)ccc1-n1ncc(C(=O)C2=Cc3cc(OC(F)F)c(N4C(=O)C(C)(C)NC4=S)cc3C2)c1N. The van der Waals surface area contributed by atoms with E-state index >= 15 is 0 Å². The lowest BCUT2D eigenvalue weighted by Crippen LogP contribution is -2.40. The number of benzene rings is 3. The van der Waals surface area contributed by atoms with Crippen LogP contribution in [0.2, 0.25) is 0 Å². The van der Waals surface area contributed by atoms with Crippen molar-refractivity contribution in [2.24, 2.45) is 0 Å². The number of aromatic nitrogens is 2. The molecule has 2 aliphatic rings. The van der Waals surface area contributed by atoms with Crippen molar-refractivity contribution >= 4 is 46.6 Å². The normalized spacial score (nSPS) is 15.3. The zero-order valence-corrected chi connectivity index (χ0v) is 25.0. The number of carbonyl (C=O) groups excluding carboxylic acids is 2. The van der Waals surface area contributed by atoms with Gasteiger partial charge < -0.3 is 20.5 Å². The van der Waals surface area contributed by atoms with Gasteiger partial charge in [0.25, 0.3) is 5.91 Å². The lowest BCUT2D eigenvalue weighted by molar-refractivity contribution is -0.121. The molecule has 0 unspecified atom stereocenters. The summed E-state index contributed by atoms with van der Waals surface area (Å²) in [6, 6.07) is 14.0. The van der Waals surface area contributed by atoms with Gasteiger partial charge in [-0.15, -0.1) is 0 Å². The number of ether oxygens (including phenoxy) is 2. The first-order valence-electron chi connectivity index (χ1n) is 13.7. The Labute approximate surface area is 261 Å². The maximum atomic E-state index is 14.0. The summed E-state index contributed by atoms with van der Waals surface area (Å²) in [4.78, 5) is 27.8. The van der Waals surface area contributed by atoms with Crippen molar-refractivity contribution in [1.29, 1.82) is 0 Å². The number of rotatable bonds is 8. The number of Topliss-reactive ketones (excluding diaryl/α,β-unsaturated/α-hetero) is 1. The van der Waals surface area contributed by atoms with Gasteiger partial charge in [0.05, 0.1) is 23.1 Å². The van der Waals surface area contributed by atoms with Gasteiger partial charge in [-0.25, -0.2) is 9.07 Å². The third kappa shape index (κ3) is 5.39. The Bertz CT molecular complexity index is 1940. The summed E-state index contributed by atoms with van der Waals surface area (Å²) in [7, 11) is 0. The number of ketones is 1. The van der Waals surface area contributed by atoms with E-state index in [0.717, 1.165) is 4.90 Å². The lowest BCUT2D eigenvalue weighted by atomic mass is 10.0. The number of allylic oxidation sites excluding steroid dienone is 1. The van der Waals surface area contributed by atoms with E-state index in [0.29, 0.717) is 33.7 Å². The first kappa shape index (κ1) is 29.9. The summed E-state index contributed by atoms with van der Waals surface area (Å²) in [5, 5.41) is 7.27. The van der Waals surface area contributed by atoms with Crippen LogP contribution in [0.4, 0.5) is 24.7 Å². The van der Waals surface area contributed by atoms with Crippen LogP contribution in [0.3, 0.4) is 0 Å². The quantitative estimate of drug-likeness (QED) is 0.177. The highest BCUT2D eigenvalue weighted by Crippen LogP contribution is 2.40. The Morgan fingerprint density at radius 3 is 2.53 bits per heavy atom. The van der Waals surface area contributed by atoms with Crippen LogP contribution in [-0.4, -0.2) is 38.7 Å². The number of anilines is 2. The van der Waals surface area contributed by atoms with E-state index in [1.807, 2.05) is 0 Å². The molecule has 45 heavy (non-hydrogen) atoms. The number of nitrogens with zero attached hydrogens (tertiary/aromatic N) is 3. The first-order chi connectivity index (χ1) is 21.3. The van der Waals surface area contributed by atoms with E-state index in [9.17, 15) is 22.8 Å². The van der Waals surface area contributed by atoms with Crippen LogP contribution in [-0.2, 0) is 11.2 Å². The van der Waals surface area contributed by atoms with Gasteiger partial charge in [-0.1, -0.05) is 12.1 Å². The highest BCUT2D eigenvalue weighted by atomic mass is 32.1. The minimum atomic E-state index is -3.16. The molecule has 1 amide bonds. The van der Waals surface area contributed by atoms with Crippen molar-refractivity contribution in [3.05, 3.63) is 94.4 Å². The number of nitrogen functional groups attached to an aromatic ring is 1. The molecule has 2 heterocycles. The number of nitrogens with one attached hydrogen (secondary N) is 1. The van der Waals surface area contributed by atoms with E-state index in [1.165, 1.54) is 35.1 Å². The van der Waals surface area contributed by atoms with Crippen LogP contribution >= 0.6 is 12.2 Å². The second-order valence-corrected chi connectivity index (χ2v) is 11.5. The standard InChI is InChI=1S/C32H26F3N5O4S/c1-16-10-20(43-25-7-5-4-6-22(25)33)8-9-23(16)40-28(36)21(15-37-40)27(41)19-11-17-13-24(26(44-30(34)35)14-18(17)12-19)39-29(42)32(2,3)38-31(39)45/h4-10,12-15,30H,11,36H2,1-3H3,(H,38,45). The highest BCUT2D eigenvalue weighted by Gasteiger charge is 2.44. The van der Waals surface area contributed by atoms with Crippen molar-refractivity contribution in [2.75, 3.05) is 10.6 Å². The molecule has 0 radical (unpaired) electrons. The van der Waals surface area contributed by atoms with Crippen molar-refractivity contribution < 1.29 is 32.2 Å². The van der Waals surface area contributed by atoms with E-state index in [4.69, 9.17) is 27.4 Å². The number of alkyl halides is 2. The van der Waals surface area contributed by atoms with Crippen molar-refractivity contribution in [2.45, 2.75) is 39.3 Å². The van der Waals surface area contributed by atoms with Crippen molar-refractivity contribution in [1.82, 2.24) is 15.1 Å². The Balaban J connectivity index is 1.27. The Morgan fingerprint density at radius 2 is 1.87 bits per heavy atom. The van der Waals surface area contributed by atoms with Crippen molar-refractivity contribution in [3.8, 4) is 22.9 Å². The van der Waals surface area contributed by atoms with Gasteiger partial charge in [0, 0.05) is 12.0 Å². The molecule has 4 aromatic rings. The molecule has 9 nitrogen and oxygen atoms in total. The maximum Gasteiger partial charge on any atom is 0.387 e. The molecule has 1 aliphatic heterocycles. The number of amides is 1. The molecular formula is C32H26F3N5O4S. The molecule has 3 N–H and O–H groups in total. The largest absolute Gasteiger partial charge is 0.454 e. The average Bonchev–Trinajstić information content (AvgIpc) is 3.62. The van der Waals surface area contributed by atoms with Crippen LogP contribution < -0.4 is 25.4 Å². The number of aryl methyl sites for hydroxylation is 1. The number of thiocarbonyl (C=S) groups is 1. The van der Waals surface area contributed by atoms with Gasteiger partial charge in [-0.2, -0.15) is 13.9 Å². The van der Waals surface area contributed by atoms with Gasteiger partial charge in [0.2, 0.25) is 0 Å². The Kier molecular flexibility index (Phi) is 7.36. The number of hydrogen-bond acceptors (Lipinski definition) is 7. The van der Waals surface area contributed by atoms with Gasteiger partial charge in [-0.3, -0.25) is 14.5 Å². The summed E-state index contributed by atoms with van der Waals surface area (Å²) in [5.74, 6) is -1.01. The minimum absolute atomic E-state index is 0.0497. The molecule has 1 aliphatic carbocycles. The smallest absolute Gasteiger partial charge is 0.387 e. The van der Waals surface area contributed by atoms with Crippen LogP contribution in [0, 0.1) is 12.7 Å². The summed E-state index contributed by atoms with van der Waals surface area (Å²) in [6.45, 7) is 1.89. The van der Waals surface area contributed by atoms with Gasteiger partial charge >= 0.3 is 6.61 Å². The predicted octanol–water partition coefficient (Wildman–Crippen LogP) is 6.12. The summed E-state index contributed by atoms with van der Waals surface area (Å²) in [5.41, 5.74) is 8.28. The molecule has 0 saturated carbocycles. The predicted molar refractivity (Wildman–Crippen MR) is 166 cm³/mol. The number of nitrogens with two attached hydrogens (primary N) is 1. The van der Waals surface area contributed by atoms with E-state index in [-0.39, 0.29) is 40.1 Å². The Hall–Kier alpha value is -5.17. The summed E-state index contributed by atoms with van der Waals surface area (Å²) in [6.07, 6.45) is 3.08. The van der Waals surface area contributed by atoms with E-state index in [1.54, 1.807) is 57.2 Å². The third-order valence-corrected chi connectivity index (χ3v) is 7.84. The van der Waals surface area contributed by atoms with E-state index in [2.05, 4.69) is 10.4 Å². The Morgan fingerprint density at radius 1 is 1.11 bits per heavy atom. The topological polar surface area (TPSA) is 112 Å². The van der Waals surface area contributed by atoms with Crippen molar-refractivity contribution in [3.63, 3.8) is 0 Å². The molecule has 0 bridgehead atoms. The van der Waals surface area contributed by atoms with Crippen LogP contribution in [0.5, 0.6) is 17.2 Å². The maximum absolute atomic E-state index is 14.0. The number of carbonyl (C=O) groups is 2. The van der Waals surface area contributed by atoms with E-state index < -0.39 is 29.7 Å². The lowest BCUT2D eigenvalue weighted by Gasteiger charge is -2.21. The molecule has 0 spiro atoms. The van der Waals surface area contributed by atoms with Crippen LogP contribution in [0.25, 0.3) is 11.8 Å². The third-order valence-electron chi connectivity index (χ3n) is 7.55. The highest BCUT2D eigenvalue weighted by molar-refractivity contribution is 7.80. The summed E-state index contributed by atoms with van der Waals surface area (Å²) < 4.78 is 52.6. The fraction of sp³-hybridized carbons (Fsp3) is 0.188. The zero-order chi connectivity index (χ0) is 32.2. The fourth-order valence-electron chi connectivity index (χ4n) is 5.32. The zero-order valence-electron chi connectivity index (χ0n) is 24.2.